The van der Waals surface area contributed by atoms with Crippen LogP contribution in [0.5, 0.6) is 0 Å². The van der Waals surface area contributed by atoms with Crippen LogP contribution in [-0.4, -0.2) is 42.8 Å². The van der Waals surface area contributed by atoms with Crippen LogP contribution in [0.1, 0.15) is 13.3 Å². The fourth-order valence-corrected chi connectivity index (χ4v) is 2.60. The van der Waals surface area contributed by atoms with Crippen LogP contribution in [0.2, 0.25) is 0 Å². The molecule has 0 amide bonds. The van der Waals surface area contributed by atoms with E-state index in [1.54, 1.807) is 0 Å². The van der Waals surface area contributed by atoms with Crippen LogP contribution in [-0.2, 0) is 4.74 Å². The summed E-state index contributed by atoms with van der Waals surface area (Å²) >= 11 is 0. The Kier molecular flexibility index (Phi) is 3.69. The van der Waals surface area contributed by atoms with Crippen molar-refractivity contribution in [2.24, 2.45) is 0 Å². The van der Waals surface area contributed by atoms with Gasteiger partial charge >= 0.3 is 0 Å². The number of ether oxygens (including phenoxy) is 1. The number of hydrogen-bond acceptors (Lipinski definition) is 5. The molecule has 1 saturated heterocycles. The smallest absolute Gasteiger partial charge is 0.224 e. The number of benzene rings is 1. The molecular weight excluding hydrogens is 252 g/mol. The summed E-state index contributed by atoms with van der Waals surface area (Å²) in [5, 5.41) is 4.14. The number of rotatable bonds is 2. The first-order valence-electron chi connectivity index (χ1n) is 7.09. The molecule has 1 aliphatic heterocycles. The molecule has 0 spiro atoms. The van der Waals surface area contributed by atoms with Crippen molar-refractivity contribution in [1.82, 2.24) is 9.97 Å². The van der Waals surface area contributed by atoms with Gasteiger partial charge in [0.05, 0.1) is 11.6 Å². The van der Waals surface area contributed by atoms with E-state index in [2.05, 4.69) is 33.2 Å². The Labute approximate surface area is 119 Å². The monoisotopic (exact) mass is 272 g/mol. The number of hydrogen-bond donors (Lipinski definition) is 1. The third-order valence-electron chi connectivity index (χ3n) is 3.56. The minimum absolute atomic E-state index is 0.226. The molecule has 1 atom stereocenters. The molecule has 1 unspecified atom stereocenters. The largest absolute Gasteiger partial charge is 0.377 e. The molecule has 0 radical (unpaired) electrons. The quantitative estimate of drug-likeness (QED) is 0.909. The van der Waals surface area contributed by atoms with Gasteiger partial charge in [-0.05, 0) is 25.5 Å². The van der Waals surface area contributed by atoms with Gasteiger partial charge < -0.3 is 15.0 Å². The number of nitrogens with one attached hydrogen (secondary N) is 1. The summed E-state index contributed by atoms with van der Waals surface area (Å²) in [6.45, 7) is 4.76. The van der Waals surface area contributed by atoms with Gasteiger partial charge in [0.2, 0.25) is 5.95 Å². The molecule has 0 saturated carbocycles. The van der Waals surface area contributed by atoms with Crippen LogP contribution in [0.25, 0.3) is 10.9 Å². The number of fused-ring (bicyclic) bond motifs is 1. The van der Waals surface area contributed by atoms with Gasteiger partial charge in [-0.2, -0.15) is 4.98 Å². The highest BCUT2D eigenvalue weighted by molar-refractivity contribution is 5.90. The summed E-state index contributed by atoms with van der Waals surface area (Å²) in [5.74, 6) is 1.66. The molecule has 1 N–H and O–H groups in total. The zero-order valence-corrected chi connectivity index (χ0v) is 12.0. The topological polar surface area (TPSA) is 50.3 Å². The van der Waals surface area contributed by atoms with Gasteiger partial charge in [0, 0.05) is 32.1 Å². The average molecular weight is 272 g/mol. The lowest BCUT2D eigenvalue weighted by molar-refractivity contribution is 0.0820. The Hall–Kier alpha value is -1.88. The normalized spacial score (nSPS) is 19.9. The predicted octanol–water partition coefficient (Wildman–Crippen LogP) is 2.29. The number of aromatic nitrogens is 2. The van der Waals surface area contributed by atoms with Crippen LogP contribution in [0.4, 0.5) is 11.8 Å². The maximum absolute atomic E-state index is 5.72. The van der Waals surface area contributed by atoms with Gasteiger partial charge in [-0.15, -0.1) is 0 Å². The van der Waals surface area contributed by atoms with E-state index in [1.165, 1.54) is 0 Å². The van der Waals surface area contributed by atoms with Crippen molar-refractivity contribution < 1.29 is 4.74 Å². The molecular formula is C15H20N4O. The van der Waals surface area contributed by atoms with E-state index >= 15 is 0 Å². The van der Waals surface area contributed by atoms with E-state index < -0.39 is 0 Å². The molecule has 0 bridgehead atoms. The maximum Gasteiger partial charge on any atom is 0.224 e. The van der Waals surface area contributed by atoms with E-state index in [9.17, 15) is 0 Å². The summed E-state index contributed by atoms with van der Waals surface area (Å²) in [5.41, 5.74) is 0.972. The highest BCUT2D eigenvalue weighted by atomic mass is 16.5. The van der Waals surface area contributed by atoms with Crippen LogP contribution in [0.15, 0.2) is 24.3 Å². The van der Waals surface area contributed by atoms with Crippen molar-refractivity contribution in [3.8, 4) is 0 Å². The summed E-state index contributed by atoms with van der Waals surface area (Å²) in [7, 11) is 1.85. The SMILES string of the molecule is CNc1nc(N2CCCOC(C)C2)c2ccccc2n1. The summed E-state index contributed by atoms with van der Waals surface area (Å²) in [6, 6.07) is 8.15. The molecule has 3 rings (SSSR count). The van der Waals surface area contributed by atoms with Crippen LogP contribution < -0.4 is 10.2 Å². The van der Waals surface area contributed by atoms with Crippen LogP contribution in [0, 0.1) is 0 Å². The van der Waals surface area contributed by atoms with E-state index in [4.69, 9.17) is 4.74 Å². The predicted molar refractivity (Wildman–Crippen MR) is 81.3 cm³/mol. The lowest BCUT2D eigenvalue weighted by atomic mass is 10.2. The van der Waals surface area contributed by atoms with E-state index in [0.29, 0.717) is 5.95 Å². The highest BCUT2D eigenvalue weighted by Gasteiger charge is 2.19. The van der Waals surface area contributed by atoms with Crippen molar-refractivity contribution in [3.05, 3.63) is 24.3 Å². The van der Waals surface area contributed by atoms with E-state index in [1.807, 2.05) is 25.2 Å². The Bertz CT molecular complexity index is 601. The van der Waals surface area contributed by atoms with Gasteiger partial charge in [-0.3, -0.25) is 0 Å². The first kappa shape index (κ1) is 13.1. The molecule has 1 aromatic carbocycles. The Morgan fingerprint density at radius 3 is 3.00 bits per heavy atom. The Balaban J connectivity index is 2.08. The fraction of sp³-hybridized carbons (Fsp3) is 0.467. The van der Waals surface area contributed by atoms with Crippen molar-refractivity contribution >= 4 is 22.7 Å². The fourth-order valence-electron chi connectivity index (χ4n) is 2.60. The molecule has 1 fully saturated rings. The first-order chi connectivity index (χ1) is 9.78. The summed E-state index contributed by atoms with van der Waals surface area (Å²) in [6.07, 6.45) is 1.25. The average Bonchev–Trinajstić information content (AvgIpc) is 2.70. The minimum atomic E-state index is 0.226. The first-order valence-corrected chi connectivity index (χ1v) is 7.09. The zero-order chi connectivity index (χ0) is 13.9. The van der Waals surface area contributed by atoms with Crippen LogP contribution in [0.3, 0.4) is 0 Å². The second-order valence-corrected chi connectivity index (χ2v) is 5.12. The Morgan fingerprint density at radius 2 is 2.15 bits per heavy atom. The van der Waals surface area contributed by atoms with Crippen molar-refractivity contribution in [3.63, 3.8) is 0 Å². The van der Waals surface area contributed by atoms with E-state index in [-0.39, 0.29) is 6.10 Å². The molecule has 20 heavy (non-hydrogen) atoms. The van der Waals surface area contributed by atoms with E-state index in [0.717, 1.165) is 42.8 Å². The third kappa shape index (κ3) is 2.54. The number of anilines is 2. The highest BCUT2D eigenvalue weighted by Crippen LogP contribution is 2.26. The molecule has 0 aliphatic carbocycles. The summed E-state index contributed by atoms with van der Waals surface area (Å²) in [4.78, 5) is 11.5. The van der Waals surface area contributed by atoms with Crippen molar-refractivity contribution in [1.29, 1.82) is 0 Å². The maximum atomic E-state index is 5.72. The zero-order valence-electron chi connectivity index (χ0n) is 12.0. The van der Waals surface area contributed by atoms with Gasteiger partial charge in [-0.25, -0.2) is 4.98 Å². The van der Waals surface area contributed by atoms with Crippen LogP contribution >= 0.6 is 0 Å². The minimum Gasteiger partial charge on any atom is -0.377 e. The van der Waals surface area contributed by atoms with Crippen molar-refractivity contribution in [2.75, 3.05) is 37.0 Å². The summed E-state index contributed by atoms with van der Waals surface area (Å²) < 4.78 is 5.72. The van der Waals surface area contributed by atoms with Gasteiger partial charge in [0.25, 0.3) is 0 Å². The molecule has 1 aromatic heterocycles. The molecule has 1 aliphatic rings. The lowest BCUT2D eigenvalue weighted by Crippen LogP contribution is -2.31. The van der Waals surface area contributed by atoms with Gasteiger partial charge in [-0.1, -0.05) is 12.1 Å². The lowest BCUT2D eigenvalue weighted by Gasteiger charge is -2.24. The second kappa shape index (κ2) is 5.63. The van der Waals surface area contributed by atoms with Crippen molar-refractivity contribution in [2.45, 2.75) is 19.4 Å². The number of nitrogens with zero attached hydrogens (tertiary/aromatic N) is 3. The molecule has 106 valence electrons. The number of para-hydroxylation sites is 1. The molecule has 2 heterocycles. The molecule has 5 heteroatoms. The molecule has 2 aromatic rings. The third-order valence-corrected chi connectivity index (χ3v) is 3.56. The Morgan fingerprint density at radius 1 is 1.30 bits per heavy atom. The van der Waals surface area contributed by atoms with Gasteiger partial charge in [0.1, 0.15) is 5.82 Å². The standard InChI is InChI=1S/C15H20N4O/c1-11-10-19(8-5-9-20-11)14-12-6-3-4-7-13(12)17-15(16-2)18-14/h3-4,6-7,11H,5,8-10H2,1-2H3,(H,16,17,18). The molecule has 5 nitrogen and oxygen atoms in total. The van der Waals surface area contributed by atoms with Gasteiger partial charge in [0.15, 0.2) is 0 Å². The second-order valence-electron chi connectivity index (χ2n) is 5.12.